The molecule has 0 spiro atoms. The third-order valence-electron chi connectivity index (χ3n) is 2.97. The molecule has 0 aliphatic heterocycles. The van der Waals surface area contributed by atoms with Gasteiger partial charge in [-0.2, -0.15) is 0 Å². The van der Waals surface area contributed by atoms with Crippen LogP contribution < -0.4 is 0 Å². The summed E-state index contributed by atoms with van der Waals surface area (Å²) in [7, 11) is 0. The number of rotatable bonds is 4. The van der Waals surface area contributed by atoms with E-state index < -0.39 is 4.92 Å². The Morgan fingerprint density at radius 2 is 2.22 bits per heavy atom. The fourth-order valence-corrected chi connectivity index (χ4v) is 2.12. The Balaban J connectivity index is 2.38. The van der Waals surface area contributed by atoms with Crippen molar-refractivity contribution in [2.75, 3.05) is 6.54 Å². The van der Waals surface area contributed by atoms with E-state index in [1.807, 2.05) is 6.92 Å². The predicted octanol–water partition coefficient (Wildman–Crippen LogP) is 2.87. The molecule has 0 saturated heterocycles. The Hall–Kier alpha value is -1.62. The van der Waals surface area contributed by atoms with E-state index in [2.05, 4.69) is 0 Å². The van der Waals surface area contributed by atoms with Crippen LogP contribution in [0.5, 0.6) is 0 Å². The van der Waals surface area contributed by atoms with Crippen LogP contribution in [0.1, 0.15) is 30.1 Å². The number of nitrogens with zero attached hydrogens (tertiary/aromatic N) is 2. The summed E-state index contributed by atoms with van der Waals surface area (Å²) in [6.45, 7) is 2.42. The van der Waals surface area contributed by atoms with Gasteiger partial charge in [0.15, 0.2) is 0 Å². The van der Waals surface area contributed by atoms with Crippen molar-refractivity contribution in [1.82, 2.24) is 4.90 Å². The summed E-state index contributed by atoms with van der Waals surface area (Å²) in [4.78, 5) is 24.3. The van der Waals surface area contributed by atoms with E-state index in [1.165, 1.54) is 18.2 Å². The first-order chi connectivity index (χ1) is 8.54. The SMILES string of the molecule is CCN(C(=O)c1cc(Cl)ccc1[N+](=O)[O-])C1CC1. The zero-order chi connectivity index (χ0) is 13.3. The minimum Gasteiger partial charge on any atom is -0.336 e. The molecule has 0 heterocycles. The van der Waals surface area contributed by atoms with Crippen LogP contribution >= 0.6 is 11.6 Å². The first kappa shape index (κ1) is 12.8. The van der Waals surface area contributed by atoms with Gasteiger partial charge in [0.25, 0.3) is 11.6 Å². The van der Waals surface area contributed by atoms with Crippen molar-refractivity contribution < 1.29 is 9.72 Å². The Morgan fingerprint density at radius 1 is 1.56 bits per heavy atom. The van der Waals surface area contributed by atoms with Gasteiger partial charge in [0.05, 0.1) is 4.92 Å². The lowest BCUT2D eigenvalue weighted by molar-refractivity contribution is -0.385. The summed E-state index contributed by atoms with van der Waals surface area (Å²) in [5.41, 5.74) is -0.121. The van der Waals surface area contributed by atoms with Crippen molar-refractivity contribution >= 4 is 23.2 Å². The average Bonchev–Trinajstić information content (AvgIpc) is 3.13. The molecular formula is C12H13ClN2O3. The molecule has 96 valence electrons. The maximum absolute atomic E-state index is 12.3. The molecule has 1 aromatic carbocycles. The second kappa shape index (κ2) is 4.94. The molecule has 1 fully saturated rings. The molecular weight excluding hydrogens is 256 g/mol. The van der Waals surface area contributed by atoms with Gasteiger partial charge in [-0.1, -0.05) is 11.6 Å². The van der Waals surface area contributed by atoms with Crippen LogP contribution in [0.2, 0.25) is 5.02 Å². The minimum atomic E-state index is -0.551. The Morgan fingerprint density at radius 3 is 2.72 bits per heavy atom. The summed E-state index contributed by atoms with van der Waals surface area (Å²) in [5, 5.41) is 11.3. The van der Waals surface area contributed by atoms with Crippen molar-refractivity contribution in [2.24, 2.45) is 0 Å². The van der Waals surface area contributed by atoms with Gasteiger partial charge < -0.3 is 4.90 Å². The summed E-state index contributed by atoms with van der Waals surface area (Å²) in [6, 6.07) is 4.29. The number of halogens is 1. The zero-order valence-corrected chi connectivity index (χ0v) is 10.7. The van der Waals surface area contributed by atoms with E-state index in [9.17, 15) is 14.9 Å². The van der Waals surface area contributed by atoms with E-state index in [0.29, 0.717) is 11.6 Å². The number of carbonyl (C=O) groups excluding carboxylic acids is 1. The lowest BCUT2D eigenvalue weighted by Gasteiger charge is -2.20. The zero-order valence-electron chi connectivity index (χ0n) is 9.93. The highest BCUT2D eigenvalue weighted by Gasteiger charge is 2.34. The fourth-order valence-electron chi connectivity index (χ4n) is 1.95. The van der Waals surface area contributed by atoms with Crippen molar-refractivity contribution in [3.63, 3.8) is 0 Å². The Labute approximate surface area is 109 Å². The van der Waals surface area contributed by atoms with Gasteiger partial charge in [-0.25, -0.2) is 0 Å². The maximum atomic E-state index is 12.3. The molecule has 0 N–H and O–H groups in total. The van der Waals surface area contributed by atoms with Gasteiger partial charge in [-0.15, -0.1) is 0 Å². The minimum absolute atomic E-state index is 0.0706. The molecule has 1 aliphatic carbocycles. The van der Waals surface area contributed by atoms with Crippen LogP contribution in [-0.4, -0.2) is 28.3 Å². The summed E-state index contributed by atoms with van der Waals surface area (Å²) < 4.78 is 0. The first-order valence-corrected chi connectivity index (χ1v) is 6.17. The van der Waals surface area contributed by atoms with Gasteiger partial charge in [-0.05, 0) is 31.9 Å². The van der Waals surface area contributed by atoms with Gasteiger partial charge in [0.2, 0.25) is 0 Å². The molecule has 0 atom stereocenters. The molecule has 1 aliphatic rings. The monoisotopic (exact) mass is 268 g/mol. The lowest BCUT2D eigenvalue weighted by Crippen LogP contribution is -2.33. The second-order valence-corrected chi connectivity index (χ2v) is 4.68. The number of benzene rings is 1. The number of amides is 1. The molecule has 0 unspecified atom stereocenters. The van der Waals surface area contributed by atoms with E-state index in [1.54, 1.807) is 4.90 Å². The number of hydrogen-bond donors (Lipinski definition) is 0. The van der Waals surface area contributed by atoms with Crippen LogP contribution in [0, 0.1) is 10.1 Å². The topological polar surface area (TPSA) is 63.5 Å². The summed E-state index contributed by atoms with van der Waals surface area (Å²) in [6.07, 6.45) is 1.93. The van der Waals surface area contributed by atoms with Crippen LogP contribution in [0.3, 0.4) is 0 Å². The number of nitro groups is 1. The summed E-state index contributed by atoms with van der Waals surface area (Å²) in [5.74, 6) is -0.311. The van der Waals surface area contributed by atoms with E-state index in [4.69, 9.17) is 11.6 Å². The van der Waals surface area contributed by atoms with Crippen LogP contribution in [0.15, 0.2) is 18.2 Å². The summed E-state index contributed by atoms with van der Waals surface area (Å²) >= 11 is 5.82. The first-order valence-electron chi connectivity index (χ1n) is 5.79. The number of nitro benzene ring substituents is 1. The van der Waals surface area contributed by atoms with Gasteiger partial charge in [0.1, 0.15) is 5.56 Å². The van der Waals surface area contributed by atoms with E-state index in [0.717, 1.165) is 12.8 Å². The molecule has 0 radical (unpaired) electrons. The maximum Gasteiger partial charge on any atom is 0.282 e. The van der Waals surface area contributed by atoms with Gasteiger partial charge in [-0.3, -0.25) is 14.9 Å². The molecule has 0 bridgehead atoms. The second-order valence-electron chi connectivity index (χ2n) is 4.24. The Bertz CT molecular complexity index is 500. The molecule has 18 heavy (non-hydrogen) atoms. The highest BCUT2D eigenvalue weighted by molar-refractivity contribution is 6.31. The molecule has 5 nitrogen and oxygen atoms in total. The largest absolute Gasteiger partial charge is 0.336 e. The van der Waals surface area contributed by atoms with Crippen molar-refractivity contribution in [3.05, 3.63) is 38.9 Å². The molecule has 1 aromatic rings. The quantitative estimate of drug-likeness (QED) is 0.623. The van der Waals surface area contributed by atoms with Crippen LogP contribution in [-0.2, 0) is 0 Å². The molecule has 0 aromatic heterocycles. The standard InChI is InChI=1S/C12H13ClN2O3/c1-2-14(9-4-5-9)12(16)10-7-8(13)3-6-11(10)15(17)18/h3,6-7,9H,2,4-5H2,1H3. The molecule has 1 amide bonds. The van der Waals surface area contributed by atoms with E-state index in [-0.39, 0.29) is 23.2 Å². The van der Waals surface area contributed by atoms with Crippen molar-refractivity contribution in [1.29, 1.82) is 0 Å². The predicted molar refractivity (Wildman–Crippen MR) is 67.8 cm³/mol. The highest BCUT2D eigenvalue weighted by Crippen LogP contribution is 2.31. The Kier molecular flexibility index (Phi) is 3.52. The lowest BCUT2D eigenvalue weighted by atomic mass is 10.1. The molecule has 2 rings (SSSR count). The molecule has 1 saturated carbocycles. The van der Waals surface area contributed by atoms with Crippen LogP contribution in [0.25, 0.3) is 0 Å². The number of carbonyl (C=O) groups is 1. The number of hydrogen-bond acceptors (Lipinski definition) is 3. The van der Waals surface area contributed by atoms with E-state index >= 15 is 0 Å². The fraction of sp³-hybridized carbons (Fsp3) is 0.417. The molecule has 6 heteroatoms. The normalized spacial score (nSPS) is 14.3. The van der Waals surface area contributed by atoms with Crippen molar-refractivity contribution in [2.45, 2.75) is 25.8 Å². The third kappa shape index (κ3) is 2.46. The van der Waals surface area contributed by atoms with Gasteiger partial charge >= 0.3 is 0 Å². The third-order valence-corrected chi connectivity index (χ3v) is 3.21. The van der Waals surface area contributed by atoms with Crippen molar-refractivity contribution in [3.8, 4) is 0 Å². The highest BCUT2D eigenvalue weighted by atomic mass is 35.5. The van der Waals surface area contributed by atoms with Crippen LogP contribution in [0.4, 0.5) is 5.69 Å². The smallest absolute Gasteiger partial charge is 0.282 e. The average molecular weight is 269 g/mol. The van der Waals surface area contributed by atoms with Gasteiger partial charge in [0, 0.05) is 23.7 Å².